The van der Waals surface area contributed by atoms with Crippen LogP contribution >= 0.6 is 15.9 Å². The minimum atomic E-state index is 0.381. The van der Waals surface area contributed by atoms with E-state index in [-0.39, 0.29) is 0 Å². The third-order valence-corrected chi connectivity index (χ3v) is 3.43. The van der Waals surface area contributed by atoms with Crippen LogP contribution in [-0.2, 0) is 0 Å². The molecule has 0 fully saturated rings. The summed E-state index contributed by atoms with van der Waals surface area (Å²) >= 11 is 3.42. The predicted molar refractivity (Wildman–Crippen MR) is 81.6 cm³/mol. The number of halogens is 1. The molecular formula is C15H23BrN2. The highest BCUT2D eigenvalue weighted by atomic mass is 79.9. The van der Waals surface area contributed by atoms with Gasteiger partial charge in [-0.15, -0.1) is 6.58 Å². The van der Waals surface area contributed by atoms with E-state index in [1.165, 1.54) is 19.3 Å². The molecule has 0 radical (unpaired) electrons. The summed E-state index contributed by atoms with van der Waals surface area (Å²) in [6, 6.07) is 4.54. The highest BCUT2D eigenvalue weighted by Crippen LogP contribution is 2.19. The lowest BCUT2D eigenvalue weighted by Gasteiger charge is -2.17. The Labute approximate surface area is 119 Å². The van der Waals surface area contributed by atoms with E-state index in [4.69, 9.17) is 0 Å². The molecule has 1 atom stereocenters. The van der Waals surface area contributed by atoms with Gasteiger partial charge in [-0.05, 0) is 53.9 Å². The van der Waals surface area contributed by atoms with Gasteiger partial charge in [0.2, 0.25) is 0 Å². The van der Waals surface area contributed by atoms with Gasteiger partial charge in [0.05, 0.1) is 5.69 Å². The molecule has 1 rings (SSSR count). The Morgan fingerprint density at radius 2 is 2.22 bits per heavy atom. The molecule has 1 heterocycles. The molecule has 1 aromatic heterocycles. The molecule has 1 N–H and O–H groups in total. The van der Waals surface area contributed by atoms with Crippen molar-refractivity contribution >= 4 is 15.9 Å². The zero-order valence-electron chi connectivity index (χ0n) is 11.2. The molecule has 0 aliphatic heterocycles. The number of hydrogen-bond acceptors (Lipinski definition) is 2. The summed E-state index contributed by atoms with van der Waals surface area (Å²) in [6.07, 6.45) is 9.90. The van der Waals surface area contributed by atoms with Gasteiger partial charge in [-0.3, -0.25) is 4.98 Å². The van der Waals surface area contributed by atoms with Crippen molar-refractivity contribution in [1.29, 1.82) is 0 Å². The van der Waals surface area contributed by atoms with Crippen molar-refractivity contribution in [3.05, 3.63) is 41.2 Å². The molecule has 0 aromatic carbocycles. The van der Waals surface area contributed by atoms with Gasteiger partial charge in [-0.2, -0.15) is 0 Å². The van der Waals surface area contributed by atoms with Gasteiger partial charge in [-0.25, -0.2) is 0 Å². The Hall–Kier alpha value is -0.670. The molecule has 2 nitrogen and oxygen atoms in total. The number of aromatic nitrogens is 1. The quantitative estimate of drug-likeness (QED) is 0.531. The third-order valence-electron chi connectivity index (χ3n) is 2.96. The molecule has 1 unspecified atom stereocenters. The van der Waals surface area contributed by atoms with Crippen LogP contribution in [0.5, 0.6) is 0 Å². The van der Waals surface area contributed by atoms with Gasteiger partial charge < -0.3 is 5.32 Å². The molecule has 0 spiro atoms. The zero-order chi connectivity index (χ0) is 13.2. The maximum absolute atomic E-state index is 4.49. The van der Waals surface area contributed by atoms with Crippen molar-refractivity contribution in [2.45, 2.75) is 45.1 Å². The molecule has 0 aliphatic rings. The molecule has 0 saturated carbocycles. The Morgan fingerprint density at radius 3 is 2.83 bits per heavy atom. The van der Waals surface area contributed by atoms with E-state index in [0.29, 0.717) is 6.04 Å². The Kier molecular flexibility index (Phi) is 7.94. The van der Waals surface area contributed by atoms with Gasteiger partial charge in [0.15, 0.2) is 0 Å². The third kappa shape index (κ3) is 5.78. The Balaban J connectivity index is 2.43. The van der Waals surface area contributed by atoms with Crippen molar-refractivity contribution in [3.8, 4) is 0 Å². The first-order valence-electron chi connectivity index (χ1n) is 6.73. The maximum atomic E-state index is 4.49. The molecular weight excluding hydrogens is 288 g/mol. The highest BCUT2D eigenvalue weighted by Gasteiger charge is 2.10. The van der Waals surface area contributed by atoms with Crippen LogP contribution in [0, 0.1) is 0 Å². The van der Waals surface area contributed by atoms with Crippen molar-refractivity contribution in [1.82, 2.24) is 10.3 Å². The fourth-order valence-electron chi connectivity index (χ4n) is 2.01. The lowest BCUT2D eigenvalue weighted by molar-refractivity contribution is 0.474. The normalized spacial score (nSPS) is 12.3. The summed E-state index contributed by atoms with van der Waals surface area (Å²) in [5, 5.41) is 3.51. The average Bonchev–Trinajstić information content (AvgIpc) is 2.38. The number of nitrogens with zero attached hydrogens (tertiary/aromatic N) is 1. The van der Waals surface area contributed by atoms with Crippen molar-refractivity contribution in [2.24, 2.45) is 0 Å². The number of nitrogens with one attached hydrogen (secondary N) is 1. The maximum Gasteiger partial charge on any atom is 0.0574 e. The fourth-order valence-corrected chi connectivity index (χ4v) is 2.24. The van der Waals surface area contributed by atoms with Crippen LogP contribution < -0.4 is 5.32 Å². The van der Waals surface area contributed by atoms with Crippen molar-refractivity contribution in [3.63, 3.8) is 0 Å². The van der Waals surface area contributed by atoms with Crippen molar-refractivity contribution in [2.75, 3.05) is 6.54 Å². The first-order valence-corrected chi connectivity index (χ1v) is 7.53. The van der Waals surface area contributed by atoms with E-state index in [1.807, 2.05) is 12.3 Å². The van der Waals surface area contributed by atoms with Crippen LogP contribution in [0.1, 0.15) is 50.8 Å². The van der Waals surface area contributed by atoms with Crippen LogP contribution in [0.4, 0.5) is 0 Å². The summed E-state index contributed by atoms with van der Waals surface area (Å²) in [4.78, 5) is 4.49. The lowest BCUT2D eigenvalue weighted by atomic mass is 10.0. The predicted octanol–water partition coefficient (Wildman–Crippen LogP) is 4.63. The summed E-state index contributed by atoms with van der Waals surface area (Å²) < 4.78 is 1.03. The van der Waals surface area contributed by atoms with Crippen LogP contribution in [0.15, 0.2) is 35.5 Å². The summed E-state index contributed by atoms with van der Waals surface area (Å²) in [5.74, 6) is 0. The molecule has 0 aliphatic carbocycles. The second kappa shape index (κ2) is 9.29. The molecule has 100 valence electrons. The summed E-state index contributed by atoms with van der Waals surface area (Å²) in [7, 11) is 0. The second-order valence-electron chi connectivity index (χ2n) is 4.44. The number of hydrogen-bond donors (Lipinski definition) is 1. The number of pyridine rings is 1. The molecule has 18 heavy (non-hydrogen) atoms. The summed E-state index contributed by atoms with van der Waals surface area (Å²) in [5.41, 5.74) is 1.14. The van der Waals surface area contributed by atoms with E-state index in [2.05, 4.69) is 51.9 Å². The first-order chi connectivity index (χ1) is 8.77. The smallest absolute Gasteiger partial charge is 0.0574 e. The Morgan fingerprint density at radius 1 is 1.39 bits per heavy atom. The first kappa shape index (κ1) is 15.4. The van der Waals surface area contributed by atoms with E-state index in [1.54, 1.807) is 0 Å². The van der Waals surface area contributed by atoms with Crippen LogP contribution in [0.3, 0.4) is 0 Å². The topological polar surface area (TPSA) is 24.9 Å². The van der Waals surface area contributed by atoms with Gasteiger partial charge in [-0.1, -0.05) is 25.8 Å². The highest BCUT2D eigenvalue weighted by molar-refractivity contribution is 9.10. The Bertz CT molecular complexity index is 335. The summed E-state index contributed by atoms with van der Waals surface area (Å²) in [6.45, 7) is 6.88. The molecule has 0 saturated heterocycles. The van der Waals surface area contributed by atoms with Crippen LogP contribution in [0.25, 0.3) is 0 Å². The monoisotopic (exact) mass is 310 g/mol. The van der Waals surface area contributed by atoms with E-state index in [0.717, 1.165) is 29.6 Å². The van der Waals surface area contributed by atoms with Gasteiger partial charge in [0, 0.05) is 16.7 Å². The van der Waals surface area contributed by atoms with Crippen molar-refractivity contribution < 1.29 is 0 Å². The minimum Gasteiger partial charge on any atom is -0.309 e. The fraction of sp³-hybridized carbons (Fsp3) is 0.533. The molecule has 0 bridgehead atoms. The van der Waals surface area contributed by atoms with Gasteiger partial charge >= 0.3 is 0 Å². The number of rotatable bonds is 9. The second-order valence-corrected chi connectivity index (χ2v) is 5.35. The SMILES string of the molecule is C=CCCCCCC(NCC)c1ccc(Br)cn1. The van der Waals surface area contributed by atoms with Crippen LogP contribution in [-0.4, -0.2) is 11.5 Å². The van der Waals surface area contributed by atoms with E-state index < -0.39 is 0 Å². The molecule has 0 amide bonds. The van der Waals surface area contributed by atoms with E-state index in [9.17, 15) is 0 Å². The van der Waals surface area contributed by atoms with Gasteiger partial charge in [0.25, 0.3) is 0 Å². The minimum absolute atomic E-state index is 0.381. The lowest BCUT2D eigenvalue weighted by Crippen LogP contribution is -2.21. The average molecular weight is 311 g/mol. The zero-order valence-corrected chi connectivity index (χ0v) is 12.7. The largest absolute Gasteiger partial charge is 0.309 e. The molecule has 1 aromatic rings. The van der Waals surface area contributed by atoms with Crippen LogP contribution in [0.2, 0.25) is 0 Å². The number of unbranched alkanes of at least 4 members (excludes halogenated alkanes) is 3. The van der Waals surface area contributed by atoms with E-state index >= 15 is 0 Å². The molecule has 3 heteroatoms. The van der Waals surface area contributed by atoms with Gasteiger partial charge in [0.1, 0.15) is 0 Å². The number of allylic oxidation sites excluding steroid dienone is 1. The standard InChI is InChI=1S/C15H23BrN2/c1-3-5-6-7-8-9-14(17-4-2)15-11-10-13(16)12-18-15/h3,10-12,14,17H,1,4-9H2,2H3.